The van der Waals surface area contributed by atoms with Crippen molar-refractivity contribution in [1.82, 2.24) is 5.32 Å². The third-order valence-electron chi connectivity index (χ3n) is 4.06. The highest BCUT2D eigenvalue weighted by Gasteiger charge is 2.18. The van der Waals surface area contributed by atoms with Crippen LogP contribution >= 0.6 is 15.9 Å². The molecule has 1 aromatic rings. The van der Waals surface area contributed by atoms with Gasteiger partial charge in [-0.3, -0.25) is 4.79 Å². The first-order chi connectivity index (χ1) is 10.7. The third-order valence-corrected chi connectivity index (χ3v) is 4.65. The summed E-state index contributed by atoms with van der Waals surface area (Å²) in [5, 5.41) is 3.04. The van der Waals surface area contributed by atoms with E-state index in [1.807, 2.05) is 6.92 Å². The second kappa shape index (κ2) is 8.42. The molecule has 5 heteroatoms. The Hall–Kier alpha value is -1.23. The minimum Gasteiger partial charge on any atom is -0.493 e. The lowest BCUT2D eigenvalue weighted by molar-refractivity contribution is 0.0943. The number of carbonyl (C=O) groups is 1. The summed E-state index contributed by atoms with van der Waals surface area (Å²) in [6.07, 6.45) is 6.33. The van der Waals surface area contributed by atoms with E-state index in [0.29, 0.717) is 29.6 Å². The van der Waals surface area contributed by atoms with Crippen molar-refractivity contribution in [1.29, 1.82) is 0 Å². The molecule has 0 atom stereocenters. The summed E-state index contributed by atoms with van der Waals surface area (Å²) in [5.41, 5.74) is 0.586. The first kappa shape index (κ1) is 17.1. The van der Waals surface area contributed by atoms with E-state index in [4.69, 9.17) is 9.47 Å². The molecule has 0 radical (unpaired) electrons. The fraction of sp³-hybridized carbons (Fsp3) is 0.588. The quantitative estimate of drug-likeness (QED) is 0.818. The Morgan fingerprint density at radius 3 is 2.68 bits per heavy atom. The van der Waals surface area contributed by atoms with Crippen LogP contribution in [0.1, 0.15) is 49.4 Å². The van der Waals surface area contributed by atoms with E-state index < -0.39 is 0 Å². The molecule has 1 fully saturated rings. The minimum absolute atomic E-state index is 0.0624. The molecule has 1 saturated carbocycles. The van der Waals surface area contributed by atoms with Crippen LogP contribution in [-0.4, -0.2) is 26.2 Å². The van der Waals surface area contributed by atoms with Crippen molar-refractivity contribution in [2.75, 3.05) is 20.3 Å². The van der Waals surface area contributed by atoms with Crippen molar-refractivity contribution in [3.8, 4) is 11.5 Å². The van der Waals surface area contributed by atoms with Crippen LogP contribution < -0.4 is 14.8 Å². The van der Waals surface area contributed by atoms with Crippen LogP contribution in [0.25, 0.3) is 0 Å². The number of halogens is 1. The Morgan fingerprint density at radius 1 is 1.32 bits per heavy atom. The molecule has 0 bridgehead atoms. The van der Waals surface area contributed by atoms with Gasteiger partial charge in [0.25, 0.3) is 5.91 Å². The highest BCUT2D eigenvalue weighted by molar-refractivity contribution is 9.10. The second-order valence-electron chi connectivity index (χ2n) is 5.64. The Morgan fingerprint density at radius 2 is 2.05 bits per heavy atom. The van der Waals surface area contributed by atoms with Crippen molar-refractivity contribution >= 4 is 21.8 Å². The van der Waals surface area contributed by atoms with Crippen molar-refractivity contribution in [3.63, 3.8) is 0 Å². The lowest BCUT2D eigenvalue weighted by Gasteiger charge is -2.22. The van der Waals surface area contributed by atoms with Crippen molar-refractivity contribution in [3.05, 3.63) is 22.2 Å². The van der Waals surface area contributed by atoms with Gasteiger partial charge in [0, 0.05) is 12.1 Å². The van der Waals surface area contributed by atoms with Gasteiger partial charge in [-0.15, -0.1) is 0 Å². The van der Waals surface area contributed by atoms with E-state index in [9.17, 15) is 4.79 Å². The third kappa shape index (κ3) is 4.38. The zero-order valence-electron chi connectivity index (χ0n) is 13.3. The zero-order chi connectivity index (χ0) is 15.9. The molecule has 2 rings (SSSR count). The van der Waals surface area contributed by atoms with Crippen LogP contribution in [0.5, 0.6) is 11.5 Å². The fourth-order valence-electron chi connectivity index (χ4n) is 2.87. The fourth-order valence-corrected chi connectivity index (χ4v) is 3.42. The van der Waals surface area contributed by atoms with Gasteiger partial charge in [-0.1, -0.05) is 19.3 Å². The monoisotopic (exact) mass is 369 g/mol. The highest BCUT2D eigenvalue weighted by Crippen LogP contribution is 2.36. The summed E-state index contributed by atoms with van der Waals surface area (Å²) in [6.45, 7) is 3.21. The van der Waals surface area contributed by atoms with E-state index >= 15 is 0 Å². The lowest BCUT2D eigenvalue weighted by atomic mass is 9.89. The Labute approximate surface area is 140 Å². The van der Waals surface area contributed by atoms with Gasteiger partial charge in [0.15, 0.2) is 11.5 Å². The van der Waals surface area contributed by atoms with Gasteiger partial charge in [0.2, 0.25) is 0 Å². The predicted octanol–water partition coefficient (Wildman–Crippen LogP) is 4.17. The van der Waals surface area contributed by atoms with Crippen LogP contribution in [0, 0.1) is 5.92 Å². The van der Waals surface area contributed by atoms with Gasteiger partial charge in [0.1, 0.15) is 0 Å². The average Bonchev–Trinajstić information content (AvgIpc) is 2.55. The van der Waals surface area contributed by atoms with Gasteiger partial charge >= 0.3 is 0 Å². The molecule has 1 N–H and O–H groups in total. The molecule has 4 nitrogen and oxygen atoms in total. The van der Waals surface area contributed by atoms with Gasteiger partial charge in [-0.05, 0) is 53.7 Å². The van der Waals surface area contributed by atoms with Crippen molar-refractivity contribution < 1.29 is 14.3 Å². The van der Waals surface area contributed by atoms with Crippen molar-refractivity contribution in [2.24, 2.45) is 5.92 Å². The van der Waals surface area contributed by atoms with Crippen LogP contribution in [0.4, 0.5) is 0 Å². The number of methoxy groups -OCH3 is 1. The number of benzene rings is 1. The molecular weight excluding hydrogens is 346 g/mol. The van der Waals surface area contributed by atoms with Crippen LogP contribution in [0.15, 0.2) is 16.6 Å². The molecule has 122 valence electrons. The minimum atomic E-state index is -0.0624. The summed E-state index contributed by atoms with van der Waals surface area (Å²) in [4.78, 5) is 12.3. The molecule has 1 aromatic carbocycles. The summed E-state index contributed by atoms with van der Waals surface area (Å²) in [5.74, 6) is 1.76. The molecule has 0 heterocycles. The van der Waals surface area contributed by atoms with Gasteiger partial charge in [-0.2, -0.15) is 0 Å². The van der Waals surface area contributed by atoms with Gasteiger partial charge in [0.05, 0.1) is 18.2 Å². The molecule has 0 aromatic heterocycles. The Bertz CT molecular complexity index is 513. The maximum absolute atomic E-state index is 12.3. The number of hydrogen-bond donors (Lipinski definition) is 1. The molecule has 1 aliphatic carbocycles. The number of nitrogens with one attached hydrogen (secondary N) is 1. The maximum Gasteiger partial charge on any atom is 0.251 e. The summed E-state index contributed by atoms with van der Waals surface area (Å²) in [7, 11) is 1.58. The molecule has 1 aliphatic rings. The van der Waals surface area contributed by atoms with Gasteiger partial charge in [-0.25, -0.2) is 0 Å². The SMILES string of the molecule is CCOc1c(Br)cc(C(=O)NCC2CCCCC2)cc1OC. The van der Waals surface area contributed by atoms with E-state index in [1.54, 1.807) is 19.2 Å². The van der Waals surface area contributed by atoms with E-state index in [1.165, 1.54) is 32.1 Å². The van der Waals surface area contributed by atoms with Crippen LogP contribution in [0.2, 0.25) is 0 Å². The summed E-state index contributed by atoms with van der Waals surface area (Å²) < 4.78 is 11.6. The van der Waals surface area contributed by atoms with E-state index in [-0.39, 0.29) is 5.91 Å². The van der Waals surface area contributed by atoms with Crippen LogP contribution in [0.3, 0.4) is 0 Å². The van der Waals surface area contributed by atoms with Gasteiger partial charge < -0.3 is 14.8 Å². The standard InChI is InChI=1S/C17H24BrNO3/c1-3-22-16-14(18)9-13(10-15(16)21-2)17(20)19-11-12-7-5-4-6-8-12/h9-10,12H,3-8,11H2,1-2H3,(H,19,20). The number of ether oxygens (including phenoxy) is 2. The highest BCUT2D eigenvalue weighted by atomic mass is 79.9. The molecule has 0 aliphatic heterocycles. The summed E-state index contributed by atoms with van der Waals surface area (Å²) in [6, 6.07) is 3.51. The zero-order valence-corrected chi connectivity index (χ0v) is 14.9. The maximum atomic E-state index is 12.3. The number of amides is 1. The molecule has 1 amide bonds. The molecule has 22 heavy (non-hydrogen) atoms. The topological polar surface area (TPSA) is 47.6 Å². The van der Waals surface area contributed by atoms with Crippen molar-refractivity contribution in [2.45, 2.75) is 39.0 Å². The summed E-state index contributed by atoms with van der Waals surface area (Å²) >= 11 is 3.45. The predicted molar refractivity (Wildman–Crippen MR) is 90.8 cm³/mol. The molecular formula is C17H24BrNO3. The lowest BCUT2D eigenvalue weighted by Crippen LogP contribution is -2.30. The van der Waals surface area contributed by atoms with Crippen LogP contribution in [-0.2, 0) is 0 Å². The first-order valence-electron chi connectivity index (χ1n) is 7.94. The normalized spacial score (nSPS) is 15.4. The van der Waals surface area contributed by atoms with E-state index in [2.05, 4.69) is 21.2 Å². The Kier molecular flexibility index (Phi) is 6.55. The number of carbonyl (C=O) groups excluding carboxylic acids is 1. The molecule has 0 saturated heterocycles. The smallest absolute Gasteiger partial charge is 0.251 e. The first-order valence-corrected chi connectivity index (χ1v) is 8.73. The molecule has 0 unspecified atom stereocenters. The average molecular weight is 370 g/mol. The molecule has 0 spiro atoms. The largest absolute Gasteiger partial charge is 0.493 e. The number of rotatable bonds is 6. The Balaban J connectivity index is 2.04. The number of hydrogen-bond acceptors (Lipinski definition) is 3. The second-order valence-corrected chi connectivity index (χ2v) is 6.49. The van der Waals surface area contributed by atoms with E-state index in [0.717, 1.165) is 11.0 Å².